The first kappa shape index (κ1) is 22.8. The van der Waals surface area contributed by atoms with Crippen LogP contribution in [0.1, 0.15) is 27.7 Å². The number of allylic oxidation sites excluding steroid dienone is 2. The molecular weight excluding hydrogens is 404 g/mol. The number of benzene rings is 1. The van der Waals surface area contributed by atoms with Gasteiger partial charge in [0.05, 0.1) is 31.0 Å². The predicted octanol–water partition coefficient (Wildman–Crippen LogP) is 2.61. The fraction of sp³-hybridized carbons (Fsp3) is 0.364. The molecule has 1 fully saturated rings. The van der Waals surface area contributed by atoms with Crippen molar-refractivity contribution in [2.75, 3.05) is 19.1 Å². The van der Waals surface area contributed by atoms with Crippen molar-refractivity contribution in [1.29, 1.82) is 0 Å². The number of hydrogen-bond donors (Lipinski definition) is 0. The van der Waals surface area contributed by atoms with E-state index < -0.39 is 36.1 Å². The average molecular weight is 429 g/mol. The third-order valence-electron chi connectivity index (χ3n) is 5.65. The summed E-state index contributed by atoms with van der Waals surface area (Å²) in [5.74, 6) is -1.98. The van der Waals surface area contributed by atoms with Gasteiger partial charge in [-0.15, -0.1) is 0 Å². The van der Waals surface area contributed by atoms with Crippen molar-refractivity contribution in [2.24, 2.45) is 0 Å². The number of ether oxygens (including phenoxy) is 2. The fourth-order valence-corrected chi connectivity index (χ4v) is 3.20. The largest absolute Gasteiger partial charge is 0.497 e. The highest BCUT2D eigenvalue weighted by molar-refractivity contribution is 6.62. The highest BCUT2D eigenvalue weighted by atomic mass is 19.1. The summed E-state index contributed by atoms with van der Waals surface area (Å²) in [6, 6.07) is 4.26. The van der Waals surface area contributed by atoms with Crippen LogP contribution >= 0.6 is 0 Å². The van der Waals surface area contributed by atoms with Crippen LogP contribution in [-0.2, 0) is 28.4 Å². The van der Waals surface area contributed by atoms with E-state index in [0.29, 0.717) is 5.69 Å². The lowest BCUT2D eigenvalue weighted by Crippen LogP contribution is -2.41. The van der Waals surface area contributed by atoms with Gasteiger partial charge in [-0.25, -0.2) is 14.0 Å². The number of esters is 2. The molecule has 1 aromatic rings. The van der Waals surface area contributed by atoms with Crippen LogP contribution in [0.2, 0.25) is 0 Å². The summed E-state index contributed by atoms with van der Waals surface area (Å²) < 4.78 is 36.4. The van der Waals surface area contributed by atoms with Gasteiger partial charge in [-0.1, -0.05) is 6.08 Å². The Morgan fingerprint density at radius 1 is 1.00 bits per heavy atom. The molecule has 3 rings (SSSR count). The molecule has 31 heavy (non-hydrogen) atoms. The van der Waals surface area contributed by atoms with Crippen LogP contribution in [0.15, 0.2) is 53.9 Å². The Morgan fingerprint density at radius 3 is 2.19 bits per heavy atom. The van der Waals surface area contributed by atoms with Gasteiger partial charge in [0.15, 0.2) is 0 Å². The zero-order chi connectivity index (χ0) is 23.0. The van der Waals surface area contributed by atoms with Gasteiger partial charge in [-0.05, 0) is 58.0 Å². The predicted molar refractivity (Wildman–Crippen MR) is 114 cm³/mol. The van der Waals surface area contributed by atoms with Gasteiger partial charge in [-0.3, -0.25) is 0 Å². The number of carbonyl (C=O) groups is 2. The van der Waals surface area contributed by atoms with Gasteiger partial charge in [0, 0.05) is 17.4 Å². The summed E-state index contributed by atoms with van der Waals surface area (Å²) in [5, 5.41) is 0. The standard InChI is InChI=1S/C22H25BFNO6/c1-21(2)22(3,4)31-23(30-21)16-13-14(10-11-17(16)24)25-12-8-7-9-15(19(26)28-5)18(25)20(27)29-6/h7-13H,1-6H3. The monoisotopic (exact) mass is 429 g/mol. The molecule has 7 nitrogen and oxygen atoms in total. The molecule has 1 saturated heterocycles. The maximum absolute atomic E-state index is 14.8. The number of hydrogen-bond acceptors (Lipinski definition) is 7. The van der Waals surface area contributed by atoms with Crippen LogP contribution in [0, 0.1) is 5.82 Å². The van der Waals surface area contributed by atoms with E-state index >= 15 is 0 Å². The van der Waals surface area contributed by atoms with Gasteiger partial charge in [-0.2, -0.15) is 0 Å². The highest BCUT2D eigenvalue weighted by Crippen LogP contribution is 2.37. The number of anilines is 1. The molecule has 0 aromatic heterocycles. The Morgan fingerprint density at radius 2 is 1.61 bits per heavy atom. The van der Waals surface area contributed by atoms with E-state index in [1.54, 1.807) is 18.4 Å². The van der Waals surface area contributed by atoms with Crippen LogP contribution in [0.4, 0.5) is 10.1 Å². The fourth-order valence-electron chi connectivity index (χ4n) is 3.20. The zero-order valence-electron chi connectivity index (χ0n) is 18.4. The Hall–Kier alpha value is -2.91. The molecule has 164 valence electrons. The van der Waals surface area contributed by atoms with Crippen molar-refractivity contribution >= 4 is 30.2 Å². The van der Waals surface area contributed by atoms with Gasteiger partial charge >= 0.3 is 19.1 Å². The van der Waals surface area contributed by atoms with Crippen LogP contribution in [-0.4, -0.2) is 44.5 Å². The summed E-state index contributed by atoms with van der Waals surface area (Å²) in [6.07, 6.45) is 6.25. The van der Waals surface area contributed by atoms with E-state index in [2.05, 4.69) is 0 Å². The van der Waals surface area contributed by atoms with Crippen LogP contribution in [0.3, 0.4) is 0 Å². The molecule has 0 unspecified atom stereocenters. The molecule has 0 aliphatic carbocycles. The van der Waals surface area contributed by atoms with Gasteiger partial charge < -0.3 is 23.7 Å². The number of carbonyl (C=O) groups excluding carboxylic acids is 2. The molecule has 2 heterocycles. The molecular formula is C22H25BFNO6. The molecule has 0 N–H and O–H groups in total. The lowest BCUT2D eigenvalue weighted by Gasteiger charge is -2.32. The van der Waals surface area contributed by atoms with E-state index in [0.717, 1.165) is 0 Å². The number of rotatable bonds is 4. The number of halogens is 1. The Balaban J connectivity index is 2.11. The molecule has 9 heteroatoms. The minimum atomic E-state index is -0.940. The molecule has 0 atom stereocenters. The van der Waals surface area contributed by atoms with Crippen molar-refractivity contribution in [3.63, 3.8) is 0 Å². The SMILES string of the molecule is COC(=O)C1=C(C(=O)OC)N(c2ccc(F)c(B3OC(C)(C)C(C)(C)O3)c2)C=CC=C1. The normalized spacial score (nSPS) is 19.5. The van der Waals surface area contributed by atoms with Crippen molar-refractivity contribution in [3.05, 3.63) is 59.7 Å². The van der Waals surface area contributed by atoms with E-state index in [-0.39, 0.29) is 16.7 Å². The zero-order valence-corrected chi connectivity index (χ0v) is 18.4. The summed E-state index contributed by atoms with van der Waals surface area (Å²) >= 11 is 0. The lowest BCUT2D eigenvalue weighted by atomic mass is 9.78. The van der Waals surface area contributed by atoms with Gasteiger partial charge in [0.1, 0.15) is 11.5 Å². The van der Waals surface area contributed by atoms with E-state index in [4.69, 9.17) is 18.8 Å². The average Bonchev–Trinajstić information content (AvgIpc) is 2.87. The summed E-state index contributed by atoms with van der Waals surface area (Å²) in [4.78, 5) is 26.3. The number of nitrogens with zero attached hydrogens (tertiary/aromatic N) is 1. The summed E-state index contributed by atoms with van der Waals surface area (Å²) in [6.45, 7) is 7.49. The van der Waals surface area contributed by atoms with Crippen LogP contribution < -0.4 is 10.4 Å². The van der Waals surface area contributed by atoms with Crippen molar-refractivity contribution in [2.45, 2.75) is 38.9 Å². The smallest absolute Gasteiger partial charge is 0.465 e. The third kappa shape index (κ3) is 4.15. The van der Waals surface area contributed by atoms with E-state index in [1.165, 1.54) is 43.4 Å². The highest BCUT2D eigenvalue weighted by Gasteiger charge is 2.52. The molecule has 1 aromatic carbocycles. The first-order chi connectivity index (χ1) is 14.5. The lowest BCUT2D eigenvalue weighted by molar-refractivity contribution is -0.139. The Bertz CT molecular complexity index is 982. The molecule has 2 aliphatic rings. The second-order valence-electron chi connectivity index (χ2n) is 8.11. The summed E-state index contributed by atoms with van der Waals surface area (Å²) in [7, 11) is 1.49. The molecule has 0 amide bonds. The molecule has 0 radical (unpaired) electrons. The summed E-state index contributed by atoms with van der Waals surface area (Å²) in [5.41, 5.74) is -0.784. The van der Waals surface area contributed by atoms with Crippen molar-refractivity contribution in [3.8, 4) is 0 Å². The number of methoxy groups -OCH3 is 2. The second-order valence-corrected chi connectivity index (χ2v) is 8.11. The van der Waals surface area contributed by atoms with E-state index in [1.807, 2.05) is 27.7 Å². The Kier molecular flexibility index (Phi) is 6.11. The van der Waals surface area contributed by atoms with E-state index in [9.17, 15) is 14.0 Å². The quantitative estimate of drug-likeness (QED) is 0.538. The first-order valence-electron chi connectivity index (χ1n) is 9.72. The van der Waals surface area contributed by atoms with Gasteiger partial charge in [0.25, 0.3) is 0 Å². The molecule has 0 saturated carbocycles. The maximum atomic E-state index is 14.8. The molecule has 0 spiro atoms. The maximum Gasteiger partial charge on any atom is 0.497 e. The Labute approximate surface area is 181 Å². The minimum absolute atomic E-state index is 0.000794. The van der Waals surface area contributed by atoms with Gasteiger partial charge in [0.2, 0.25) is 0 Å². The molecule has 0 bridgehead atoms. The topological polar surface area (TPSA) is 74.3 Å². The minimum Gasteiger partial charge on any atom is -0.465 e. The first-order valence-corrected chi connectivity index (χ1v) is 9.72. The molecule has 2 aliphatic heterocycles. The second kappa shape index (κ2) is 8.32. The van der Waals surface area contributed by atoms with Crippen LogP contribution in [0.25, 0.3) is 0 Å². The van der Waals surface area contributed by atoms with Crippen molar-refractivity contribution in [1.82, 2.24) is 0 Å². The third-order valence-corrected chi connectivity index (χ3v) is 5.65. The van der Waals surface area contributed by atoms with Crippen LogP contribution in [0.5, 0.6) is 0 Å². The van der Waals surface area contributed by atoms with Crippen molar-refractivity contribution < 1.29 is 32.8 Å².